The Balaban J connectivity index is 2.84. The number of methoxy groups -OCH3 is 1. The van der Waals surface area contributed by atoms with Crippen LogP contribution in [0.25, 0.3) is 0 Å². The van der Waals surface area contributed by atoms with Gasteiger partial charge in [0.25, 0.3) is 0 Å². The molecule has 0 heterocycles. The Labute approximate surface area is 101 Å². The minimum absolute atomic E-state index is 0.0351. The molecule has 0 aliphatic rings. The van der Waals surface area contributed by atoms with E-state index in [2.05, 4.69) is 4.72 Å². The van der Waals surface area contributed by atoms with Crippen LogP contribution in [0.5, 0.6) is 5.75 Å². The standard InChI is InChI=1S/C11H17NO4S/c1-3-9(8-16-2)12-17(14,15)11-6-4-10(13)5-7-11/h4-7,9,12-13H,3,8H2,1-2H3. The Morgan fingerprint density at radius 3 is 2.41 bits per heavy atom. The molecule has 0 fully saturated rings. The number of benzene rings is 1. The van der Waals surface area contributed by atoms with Crippen LogP contribution in [0, 0.1) is 0 Å². The van der Waals surface area contributed by atoms with E-state index >= 15 is 0 Å². The van der Waals surface area contributed by atoms with E-state index in [1.165, 1.54) is 31.4 Å². The van der Waals surface area contributed by atoms with Gasteiger partial charge in [-0.2, -0.15) is 0 Å². The lowest BCUT2D eigenvalue weighted by Crippen LogP contribution is -2.37. The van der Waals surface area contributed by atoms with Gasteiger partial charge in [-0.1, -0.05) is 6.92 Å². The molecule has 1 rings (SSSR count). The van der Waals surface area contributed by atoms with E-state index < -0.39 is 10.0 Å². The highest BCUT2D eigenvalue weighted by atomic mass is 32.2. The predicted molar refractivity (Wildman–Crippen MR) is 64.4 cm³/mol. The molecule has 1 unspecified atom stereocenters. The molecular weight excluding hydrogens is 242 g/mol. The number of phenols is 1. The number of ether oxygens (including phenoxy) is 1. The Morgan fingerprint density at radius 2 is 1.94 bits per heavy atom. The van der Waals surface area contributed by atoms with Gasteiger partial charge in [-0.25, -0.2) is 13.1 Å². The summed E-state index contributed by atoms with van der Waals surface area (Å²) >= 11 is 0. The Morgan fingerprint density at radius 1 is 1.35 bits per heavy atom. The molecule has 0 amide bonds. The second-order valence-electron chi connectivity index (χ2n) is 3.68. The second kappa shape index (κ2) is 6.00. The number of nitrogens with one attached hydrogen (secondary N) is 1. The number of hydrogen-bond donors (Lipinski definition) is 2. The Kier molecular flexibility index (Phi) is 4.92. The Hall–Kier alpha value is -1.11. The summed E-state index contributed by atoms with van der Waals surface area (Å²) in [5.41, 5.74) is 0. The summed E-state index contributed by atoms with van der Waals surface area (Å²) in [5.74, 6) is 0.0351. The average Bonchev–Trinajstić information content (AvgIpc) is 2.28. The van der Waals surface area contributed by atoms with Crippen LogP contribution in [-0.2, 0) is 14.8 Å². The summed E-state index contributed by atoms with van der Waals surface area (Å²) in [6.45, 7) is 2.21. The summed E-state index contributed by atoms with van der Waals surface area (Å²) in [6.07, 6.45) is 0.644. The van der Waals surface area contributed by atoms with Gasteiger partial charge >= 0.3 is 0 Å². The highest BCUT2D eigenvalue weighted by Crippen LogP contribution is 2.14. The molecule has 0 saturated carbocycles. The molecule has 2 N–H and O–H groups in total. The van der Waals surface area contributed by atoms with Crippen molar-refractivity contribution in [3.05, 3.63) is 24.3 Å². The number of sulfonamides is 1. The van der Waals surface area contributed by atoms with Crippen molar-refractivity contribution >= 4 is 10.0 Å². The van der Waals surface area contributed by atoms with Crippen LogP contribution < -0.4 is 4.72 Å². The fraction of sp³-hybridized carbons (Fsp3) is 0.455. The third-order valence-electron chi connectivity index (χ3n) is 2.33. The zero-order valence-electron chi connectivity index (χ0n) is 9.88. The van der Waals surface area contributed by atoms with Crippen molar-refractivity contribution in [2.75, 3.05) is 13.7 Å². The van der Waals surface area contributed by atoms with Crippen molar-refractivity contribution in [1.82, 2.24) is 4.72 Å². The SMILES string of the molecule is CCC(COC)NS(=O)(=O)c1ccc(O)cc1. The molecule has 0 aliphatic heterocycles. The third kappa shape index (κ3) is 3.99. The quantitative estimate of drug-likeness (QED) is 0.802. The first kappa shape index (κ1) is 14.0. The van der Waals surface area contributed by atoms with Crippen LogP contribution in [0.4, 0.5) is 0 Å². The van der Waals surface area contributed by atoms with Crippen molar-refractivity contribution in [2.45, 2.75) is 24.3 Å². The molecule has 0 aromatic heterocycles. The molecule has 0 spiro atoms. The molecule has 0 saturated heterocycles. The summed E-state index contributed by atoms with van der Waals surface area (Å²) in [6, 6.07) is 5.14. The molecule has 6 heteroatoms. The van der Waals surface area contributed by atoms with Crippen molar-refractivity contribution in [3.63, 3.8) is 0 Å². The van der Waals surface area contributed by atoms with Crippen molar-refractivity contribution in [1.29, 1.82) is 0 Å². The van der Waals surface area contributed by atoms with Gasteiger partial charge in [0.15, 0.2) is 0 Å². The number of phenolic OH excluding ortho intramolecular Hbond substituents is 1. The van der Waals surface area contributed by atoms with Crippen molar-refractivity contribution in [2.24, 2.45) is 0 Å². The fourth-order valence-corrected chi connectivity index (χ4v) is 2.65. The smallest absolute Gasteiger partial charge is 0.240 e. The van der Waals surface area contributed by atoms with Gasteiger partial charge < -0.3 is 9.84 Å². The van der Waals surface area contributed by atoms with E-state index in [0.717, 1.165) is 0 Å². The minimum atomic E-state index is -3.55. The van der Waals surface area contributed by atoms with Gasteiger partial charge in [-0.15, -0.1) is 0 Å². The number of hydrogen-bond acceptors (Lipinski definition) is 4. The molecule has 0 bridgehead atoms. The zero-order chi connectivity index (χ0) is 12.9. The van der Waals surface area contributed by atoms with Gasteiger partial charge in [0.1, 0.15) is 5.75 Å². The third-order valence-corrected chi connectivity index (χ3v) is 3.87. The van der Waals surface area contributed by atoms with Crippen LogP contribution >= 0.6 is 0 Å². The first-order valence-electron chi connectivity index (χ1n) is 5.30. The summed E-state index contributed by atoms with van der Waals surface area (Å²) < 4.78 is 31.4. The van der Waals surface area contributed by atoms with Gasteiger partial charge in [-0.05, 0) is 30.7 Å². The maximum absolute atomic E-state index is 11.9. The summed E-state index contributed by atoms with van der Waals surface area (Å²) in [4.78, 5) is 0.129. The number of rotatable bonds is 6. The summed E-state index contributed by atoms with van der Waals surface area (Å²) in [7, 11) is -2.03. The normalized spacial score (nSPS) is 13.5. The lowest BCUT2D eigenvalue weighted by atomic mass is 10.3. The molecule has 1 aromatic carbocycles. The average molecular weight is 259 g/mol. The monoisotopic (exact) mass is 259 g/mol. The van der Waals surface area contributed by atoms with Crippen LogP contribution in [-0.4, -0.2) is 33.3 Å². The topological polar surface area (TPSA) is 75.6 Å². The van der Waals surface area contributed by atoms with E-state index in [4.69, 9.17) is 9.84 Å². The molecule has 5 nitrogen and oxygen atoms in total. The highest BCUT2D eigenvalue weighted by Gasteiger charge is 2.18. The van der Waals surface area contributed by atoms with E-state index in [-0.39, 0.29) is 16.7 Å². The van der Waals surface area contributed by atoms with Gasteiger partial charge in [0.05, 0.1) is 11.5 Å². The number of aromatic hydroxyl groups is 1. The maximum atomic E-state index is 11.9. The van der Waals surface area contributed by atoms with Crippen LogP contribution in [0.1, 0.15) is 13.3 Å². The molecule has 1 atom stereocenters. The second-order valence-corrected chi connectivity index (χ2v) is 5.39. The minimum Gasteiger partial charge on any atom is -0.508 e. The van der Waals surface area contributed by atoms with Crippen LogP contribution in [0.3, 0.4) is 0 Å². The fourth-order valence-electron chi connectivity index (χ4n) is 1.35. The van der Waals surface area contributed by atoms with Gasteiger partial charge in [-0.3, -0.25) is 0 Å². The molecule has 0 aliphatic carbocycles. The van der Waals surface area contributed by atoms with E-state index in [1.807, 2.05) is 6.92 Å². The maximum Gasteiger partial charge on any atom is 0.240 e. The van der Waals surface area contributed by atoms with Crippen molar-refractivity contribution in [3.8, 4) is 5.75 Å². The predicted octanol–water partition coefficient (Wildman–Crippen LogP) is 1.10. The van der Waals surface area contributed by atoms with Gasteiger partial charge in [0, 0.05) is 13.2 Å². The van der Waals surface area contributed by atoms with E-state index in [0.29, 0.717) is 13.0 Å². The van der Waals surface area contributed by atoms with E-state index in [9.17, 15) is 8.42 Å². The largest absolute Gasteiger partial charge is 0.508 e. The Bertz CT molecular complexity index is 441. The molecule has 1 aromatic rings. The molecule has 0 radical (unpaired) electrons. The van der Waals surface area contributed by atoms with Crippen LogP contribution in [0.2, 0.25) is 0 Å². The summed E-state index contributed by atoms with van der Waals surface area (Å²) in [5, 5.41) is 9.10. The van der Waals surface area contributed by atoms with Crippen molar-refractivity contribution < 1.29 is 18.3 Å². The van der Waals surface area contributed by atoms with Crippen LogP contribution in [0.15, 0.2) is 29.2 Å². The van der Waals surface area contributed by atoms with Gasteiger partial charge in [0.2, 0.25) is 10.0 Å². The molecular formula is C11H17NO4S. The zero-order valence-corrected chi connectivity index (χ0v) is 10.7. The highest BCUT2D eigenvalue weighted by molar-refractivity contribution is 7.89. The molecule has 96 valence electrons. The molecule has 17 heavy (non-hydrogen) atoms. The lowest BCUT2D eigenvalue weighted by molar-refractivity contribution is 0.173. The first-order chi connectivity index (χ1) is 7.99. The lowest BCUT2D eigenvalue weighted by Gasteiger charge is -2.16. The first-order valence-corrected chi connectivity index (χ1v) is 6.78. The van der Waals surface area contributed by atoms with E-state index in [1.54, 1.807) is 0 Å².